The number of hydrogen-bond acceptors (Lipinski definition) is 3. The molecule has 0 aliphatic heterocycles. The summed E-state index contributed by atoms with van der Waals surface area (Å²) in [4.78, 5) is 15.3. The van der Waals surface area contributed by atoms with E-state index < -0.39 is 0 Å². The summed E-state index contributed by atoms with van der Waals surface area (Å²) in [6, 6.07) is 65.0. The highest BCUT2D eigenvalue weighted by atomic mass is 15.0. The van der Waals surface area contributed by atoms with Gasteiger partial charge in [0.2, 0.25) is 0 Å². The quantitative estimate of drug-likeness (QED) is 0.154. The van der Waals surface area contributed by atoms with Crippen LogP contribution in [0.2, 0.25) is 0 Å². The summed E-state index contributed by atoms with van der Waals surface area (Å²) in [6.07, 6.45) is 4.54. The lowest BCUT2D eigenvalue weighted by Crippen LogP contribution is -2.14. The van der Waals surface area contributed by atoms with E-state index in [1.807, 2.05) is 24.3 Å². The number of hydrogen-bond donors (Lipinski definition) is 0. The molecule has 0 amide bonds. The van der Waals surface area contributed by atoms with Gasteiger partial charge >= 0.3 is 0 Å². The standard InChI is InChI=1S/C58H46N4/c1-4-37(2)46-31-29-40-19-11-12-25-48(40)55(46)50-36-51-49-26-13-14-27-53(49)62(54(51)33-38(50)3)52-28-16-23-43-35-45(30-32-47(43)52)58-60-56(41-20-9-6-10-21-41)59-57(61-58)44-24-15-22-42(34-44)39-17-7-5-8-18-39/h5-35,37,50H,4,36H2,1-3H3. The highest BCUT2D eigenvalue weighted by Gasteiger charge is 2.30. The number of para-hydroxylation sites is 1. The Bertz CT molecular complexity index is 3340. The Morgan fingerprint density at radius 2 is 1.15 bits per heavy atom. The Morgan fingerprint density at radius 3 is 1.92 bits per heavy atom. The topological polar surface area (TPSA) is 43.6 Å². The largest absolute Gasteiger partial charge is 0.309 e. The van der Waals surface area contributed by atoms with Crippen molar-refractivity contribution in [1.82, 2.24) is 19.5 Å². The highest BCUT2D eigenvalue weighted by Crippen LogP contribution is 2.46. The van der Waals surface area contributed by atoms with Crippen LogP contribution in [0.15, 0.2) is 188 Å². The molecule has 1 aliphatic rings. The van der Waals surface area contributed by atoms with E-state index in [-0.39, 0.29) is 0 Å². The first-order valence-corrected chi connectivity index (χ1v) is 21.9. The van der Waals surface area contributed by atoms with E-state index in [4.69, 9.17) is 15.0 Å². The fourth-order valence-corrected chi connectivity index (χ4v) is 9.73. The molecule has 11 rings (SSSR count). The summed E-state index contributed by atoms with van der Waals surface area (Å²) >= 11 is 0. The number of fused-ring (bicyclic) bond motifs is 5. The summed E-state index contributed by atoms with van der Waals surface area (Å²) in [5, 5.41) is 6.31. The summed E-state index contributed by atoms with van der Waals surface area (Å²) in [7, 11) is 0. The molecule has 0 radical (unpaired) electrons. The van der Waals surface area contributed by atoms with E-state index in [9.17, 15) is 0 Å². The van der Waals surface area contributed by atoms with Gasteiger partial charge in [-0.3, -0.25) is 0 Å². The van der Waals surface area contributed by atoms with Crippen LogP contribution in [-0.2, 0) is 6.42 Å². The summed E-state index contributed by atoms with van der Waals surface area (Å²) in [5.74, 6) is 2.70. The van der Waals surface area contributed by atoms with Crippen molar-refractivity contribution in [2.75, 3.05) is 0 Å². The lowest BCUT2D eigenvalue weighted by Gasteiger charge is -2.29. The van der Waals surface area contributed by atoms with Crippen LogP contribution in [0.5, 0.6) is 0 Å². The second-order valence-electron chi connectivity index (χ2n) is 16.8. The minimum absolute atomic E-state index is 0.291. The average molecular weight is 799 g/mol. The average Bonchev–Trinajstić information content (AvgIpc) is 3.65. The van der Waals surface area contributed by atoms with Gasteiger partial charge in [0.25, 0.3) is 0 Å². The lowest BCUT2D eigenvalue weighted by atomic mass is 9.75. The third kappa shape index (κ3) is 6.51. The smallest absolute Gasteiger partial charge is 0.164 e. The van der Waals surface area contributed by atoms with Crippen LogP contribution in [0.4, 0.5) is 0 Å². The SMILES string of the molecule is CCC(C)c1ccc2ccccc2c1C1Cc2c(n(-c3cccc4cc(-c5nc(-c6ccccc6)nc(-c6cccc(-c7ccccc7)c6)n5)ccc34)c3ccccc23)C=C1C. The predicted octanol–water partition coefficient (Wildman–Crippen LogP) is 15.0. The molecule has 298 valence electrons. The van der Waals surface area contributed by atoms with Gasteiger partial charge in [-0.15, -0.1) is 0 Å². The molecule has 4 heteroatoms. The van der Waals surface area contributed by atoms with Gasteiger partial charge in [-0.25, -0.2) is 15.0 Å². The third-order valence-corrected chi connectivity index (χ3v) is 13.1. The van der Waals surface area contributed by atoms with E-state index in [1.165, 1.54) is 60.7 Å². The van der Waals surface area contributed by atoms with Crippen LogP contribution in [0.3, 0.4) is 0 Å². The van der Waals surface area contributed by atoms with E-state index in [1.54, 1.807) is 0 Å². The second kappa shape index (κ2) is 15.6. The number of benzene rings is 8. The molecule has 0 saturated carbocycles. The van der Waals surface area contributed by atoms with Gasteiger partial charge in [-0.05, 0) is 100 Å². The van der Waals surface area contributed by atoms with Crippen LogP contribution < -0.4 is 0 Å². The maximum absolute atomic E-state index is 5.16. The Labute approximate surface area is 362 Å². The zero-order chi connectivity index (χ0) is 41.7. The molecule has 10 aromatic rings. The second-order valence-corrected chi connectivity index (χ2v) is 16.8. The molecule has 2 atom stereocenters. The molecule has 2 unspecified atom stereocenters. The molecule has 4 nitrogen and oxygen atoms in total. The molecule has 62 heavy (non-hydrogen) atoms. The molecule has 2 heterocycles. The minimum Gasteiger partial charge on any atom is -0.309 e. The number of nitrogens with zero attached hydrogens (tertiary/aromatic N) is 4. The normalized spacial score (nSPS) is 14.2. The fourth-order valence-electron chi connectivity index (χ4n) is 9.73. The van der Waals surface area contributed by atoms with Crippen molar-refractivity contribution in [3.8, 4) is 51.0 Å². The zero-order valence-electron chi connectivity index (χ0n) is 35.3. The monoisotopic (exact) mass is 798 g/mol. The molecule has 0 saturated heterocycles. The van der Waals surface area contributed by atoms with E-state index in [0.29, 0.717) is 29.3 Å². The van der Waals surface area contributed by atoms with Gasteiger partial charge in [0.1, 0.15) is 0 Å². The van der Waals surface area contributed by atoms with Crippen LogP contribution >= 0.6 is 0 Å². The Kier molecular flexibility index (Phi) is 9.42. The van der Waals surface area contributed by atoms with Gasteiger partial charge in [0.15, 0.2) is 17.5 Å². The number of aromatic nitrogens is 4. The maximum atomic E-state index is 5.16. The van der Waals surface area contributed by atoms with Gasteiger partial charge < -0.3 is 4.57 Å². The van der Waals surface area contributed by atoms with Crippen molar-refractivity contribution in [2.45, 2.75) is 45.4 Å². The van der Waals surface area contributed by atoms with Crippen molar-refractivity contribution in [3.63, 3.8) is 0 Å². The van der Waals surface area contributed by atoms with Crippen LogP contribution in [0.1, 0.15) is 61.4 Å². The first-order chi connectivity index (χ1) is 30.5. The molecule has 2 aromatic heterocycles. The minimum atomic E-state index is 0.291. The molecule has 0 fully saturated rings. The zero-order valence-corrected chi connectivity index (χ0v) is 35.3. The first kappa shape index (κ1) is 37.6. The summed E-state index contributed by atoms with van der Waals surface area (Å²) in [6.45, 7) is 7.03. The van der Waals surface area contributed by atoms with Crippen LogP contribution in [-0.4, -0.2) is 19.5 Å². The molecular formula is C58H46N4. The van der Waals surface area contributed by atoms with E-state index in [0.717, 1.165) is 46.0 Å². The summed E-state index contributed by atoms with van der Waals surface area (Å²) in [5.41, 5.74) is 14.6. The van der Waals surface area contributed by atoms with Gasteiger partial charge in [-0.1, -0.05) is 177 Å². The maximum Gasteiger partial charge on any atom is 0.164 e. The Morgan fingerprint density at radius 1 is 0.532 bits per heavy atom. The highest BCUT2D eigenvalue weighted by molar-refractivity contribution is 5.98. The van der Waals surface area contributed by atoms with Crippen molar-refractivity contribution in [1.29, 1.82) is 0 Å². The Hall–Kier alpha value is -7.43. The van der Waals surface area contributed by atoms with Crippen molar-refractivity contribution in [2.24, 2.45) is 0 Å². The van der Waals surface area contributed by atoms with Crippen LogP contribution in [0, 0.1) is 0 Å². The first-order valence-electron chi connectivity index (χ1n) is 21.9. The van der Waals surface area contributed by atoms with Gasteiger partial charge in [0.05, 0.1) is 16.9 Å². The number of allylic oxidation sites excluding steroid dienone is 1. The van der Waals surface area contributed by atoms with Crippen molar-refractivity contribution >= 4 is 38.5 Å². The molecule has 0 bridgehead atoms. The van der Waals surface area contributed by atoms with Crippen molar-refractivity contribution in [3.05, 3.63) is 210 Å². The molecule has 0 spiro atoms. The predicted molar refractivity (Wildman–Crippen MR) is 259 cm³/mol. The van der Waals surface area contributed by atoms with E-state index in [2.05, 4.69) is 189 Å². The molecular weight excluding hydrogens is 753 g/mol. The van der Waals surface area contributed by atoms with Crippen LogP contribution in [0.25, 0.3) is 89.5 Å². The van der Waals surface area contributed by atoms with Gasteiger partial charge in [0, 0.05) is 33.4 Å². The third-order valence-electron chi connectivity index (χ3n) is 13.1. The molecule has 0 N–H and O–H groups in total. The molecule has 8 aromatic carbocycles. The van der Waals surface area contributed by atoms with E-state index >= 15 is 0 Å². The number of rotatable bonds is 8. The molecule has 1 aliphatic carbocycles. The van der Waals surface area contributed by atoms with Gasteiger partial charge in [-0.2, -0.15) is 0 Å². The fraction of sp³-hybridized carbons (Fsp3) is 0.121. The lowest BCUT2D eigenvalue weighted by molar-refractivity contribution is 0.699. The van der Waals surface area contributed by atoms with Crippen molar-refractivity contribution < 1.29 is 0 Å². The summed E-state index contributed by atoms with van der Waals surface area (Å²) < 4.78 is 2.50. The Balaban J connectivity index is 1.04.